The first kappa shape index (κ1) is 16.1. The van der Waals surface area contributed by atoms with Gasteiger partial charge in [0.15, 0.2) is 0 Å². The lowest BCUT2D eigenvalue weighted by Crippen LogP contribution is -2.19. The first-order valence-electron chi connectivity index (χ1n) is 7.59. The lowest BCUT2D eigenvalue weighted by Gasteiger charge is -2.17. The molecule has 3 nitrogen and oxygen atoms in total. The fourth-order valence-corrected chi connectivity index (χ4v) is 3.36. The molecule has 24 heavy (non-hydrogen) atoms. The van der Waals surface area contributed by atoms with Crippen molar-refractivity contribution in [2.45, 2.75) is 10.1 Å². The van der Waals surface area contributed by atoms with Crippen molar-refractivity contribution < 1.29 is 9.90 Å². The minimum absolute atomic E-state index is 0.0578. The quantitative estimate of drug-likeness (QED) is 0.517. The van der Waals surface area contributed by atoms with Crippen LogP contribution in [0.4, 0.5) is 5.69 Å². The Morgan fingerprint density at radius 2 is 1.42 bits per heavy atom. The van der Waals surface area contributed by atoms with Gasteiger partial charge in [0.2, 0.25) is 5.91 Å². The van der Waals surface area contributed by atoms with Gasteiger partial charge in [-0.25, -0.2) is 0 Å². The molecule has 1 amide bonds. The molecule has 1 atom stereocenters. The van der Waals surface area contributed by atoms with Crippen molar-refractivity contribution in [3.8, 4) is 5.75 Å². The molecule has 3 rings (SSSR count). The number of anilines is 1. The maximum atomic E-state index is 12.8. The highest BCUT2D eigenvalue weighted by molar-refractivity contribution is 8.00. The van der Waals surface area contributed by atoms with Crippen LogP contribution in [0, 0.1) is 0 Å². The third-order valence-corrected chi connectivity index (χ3v) is 4.77. The van der Waals surface area contributed by atoms with E-state index in [1.807, 2.05) is 60.7 Å². The number of aromatic hydroxyl groups is 1. The molecule has 0 aromatic heterocycles. The number of rotatable bonds is 5. The van der Waals surface area contributed by atoms with Crippen LogP contribution in [0.1, 0.15) is 10.8 Å². The fourth-order valence-electron chi connectivity index (χ4n) is 2.31. The van der Waals surface area contributed by atoms with Gasteiger partial charge in [-0.2, -0.15) is 0 Å². The second-order valence-electron chi connectivity index (χ2n) is 5.23. The van der Waals surface area contributed by atoms with E-state index in [1.54, 1.807) is 24.3 Å². The van der Waals surface area contributed by atoms with Crippen LogP contribution in [0.25, 0.3) is 0 Å². The maximum Gasteiger partial charge on any atom is 0.242 e. The number of amides is 1. The van der Waals surface area contributed by atoms with E-state index in [0.29, 0.717) is 5.69 Å². The van der Waals surface area contributed by atoms with Gasteiger partial charge in [-0.3, -0.25) is 4.79 Å². The first-order chi connectivity index (χ1) is 11.7. The Morgan fingerprint density at radius 3 is 2.08 bits per heavy atom. The van der Waals surface area contributed by atoms with Crippen LogP contribution in [0.5, 0.6) is 5.75 Å². The van der Waals surface area contributed by atoms with Crippen molar-refractivity contribution in [1.29, 1.82) is 0 Å². The van der Waals surface area contributed by atoms with Crippen molar-refractivity contribution in [1.82, 2.24) is 0 Å². The summed E-state index contributed by atoms with van der Waals surface area (Å²) in [4.78, 5) is 13.8. The van der Waals surface area contributed by atoms with Crippen molar-refractivity contribution in [3.05, 3.63) is 90.5 Å². The third kappa shape index (κ3) is 3.97. The predicted molar refractivity (Wildman–Crippen MR) is 98.2 cm³/mol. The van der Waals surface area contributed by atoms with Crippen molar-refractivity contribution in [2.24, 2.45) is 0 Å². The number of benzene rings is 3. The minimum atomic E-state index is -0.409. The SMILES string of the molecule is O=C(Nc1ccccc1O)[C@H](Sc1ccccc1)c1ccccc1. The zero-order valence-electron chi connectivity index (χ0n) is 12.9. The molecule has 0 aliphatic rings. The molecule has 0 heterocycles. The molecule has 0 bridgehead atoms. The van der Waals surface area contributed by atoms with Gasteiger partial charge in [0.25, 0.3) is 0 Å². The summed E-state index contributed by atoms with van der Waals surface area (Å²) in [5, 5.41) is 12.3. The van der Waals surface area contributed by atoms with Crippen molar-refractivity contribution in [3.63, 3.8) is 0 Å². The van der Waals surface area contributed by atoms with Gasteiger partial charge in [-0.05, 0) is 29.8 Å². The fraction of sp³-hybridized carbons (Fsp3) is 0.0500. The zero-order valence-corrected chi connectivity index (χ0v) is 13.7. The van der Waals surface area contributed by atoms with Gasteiger partial charge in [0.1, 0.15) is 11.0 Å². The molecule has 3 aromatic carbocycles. The Morgan fingerprint density at radius 1 is 0.833 bits per heavy atom. The number of hydrogen-bond donors (Lipinski definition) is 2. The standard InChI is InChI=1S/C20H17NO2S/c22-18-14-8-7-13-17(18)21-20(23)19(15-9-3-1-4-10-15)24-16-11-5-2-6-12-16/h1-14,19,22H,(H,21,23)/t19-/m1/s1. The van der Waals surface area contributed by atoms with Gasteiger partial charge < -0.3 is 10.4 Å². The summed E-state index contributed by atoms with van der Waals surface area (Å²) in [6.07, 6.45) is 0. The molecule has 0 unspecified atom stereocenters. The summed E-state index contributed by atoms with van der Waals surface area (Å²) >= 11 is 1.48. The molecule has 0 fully saturated rings. The van der Waals surface area contributed by atoms with Crippen molar-refractivity contribution in [2.75, 3.05) is 5.32 Å². The minimum Gasteiger partial charge on any atom is -0.506 e. The normalized spacial score (nSPS) is 11.7. The smallest absolute Gasteiger partial charge is 0.242 e. The summed E-state index contributed by atoms with van der Waals surface area (Å²) in [5.74, 6) is -0.112. The van der Waals surface area contributed by atoms with Gasteiger partial charge in [0.05, 0.1) is 5.69 Å². The number of phenols is 1. The highest BCUT2D eigenvalue weighted by atomic mass is 32.2. The Bertz CT molecular complexity index is 806. The molecule has 4 heteroatoms. The van der Waals surface area contributed by atoms with Gasteiger partial charge in [-0.15, -0.1) is 11.8 Å². The summed E-state index contributed by atoms with van der Waals surface area (Å²) in [7, 11) is 0. The summed E-state index contributed by atoms with van der Waals surface area (Å²) in [5.41, 5.74) is 1.33. The largest absolute Gasteiger partial charge is 0.506 e. The lowest BCUT2D eigenvalue weighted by molar-refractivity contribution is -0.115. The Balaban J connectivity index is 1.87. The second kappa shape index (κ2) is 7.70. The number of para-hydroxylation sites is 2. The molecule has 0 radical (unpaired) electrons. The van der Waals surface area contributed by atoms with E-state index < -0.39 is 5.25 Å². The van der Waals surface area contributed by atoms with E-state index in [-0.39, 0.29) is 11.7 Å². The number of nitrogens with one attached hydrogen (secondary N) is 1. The molecule has 0 saturated heterocycles. The van der Waals surface area contributed by atoms with E-state index >= 15 is 0 Å². The highest BCUT2D eigenvalue weighted by Crippen LogP contribution is 2.36. The van der Waals surface area contributed by atoms with Crippen LogP contribution >= 0.6 is 11.8 Å². The number of carbonyl (C=O) groups is 1. The predicted octanol–water partition coefficient (Wildman–Crippen LogP) is 4.86. The second-order valence-corrected chi connectivity index (χ2v) is 6.41. The number of phenolic OH excluding ortho intramolecular Hbond substituents is 1. The Hall–Kier alpha value is -2.72. The highest BCUT2D eigenvalue weighted by Gasteiger charge is 2.22. The monoisotopic (exact) mass is 335 g/mol. The van der Waals surface area contributed by atoms with Crippen LogP contribution in [-0.2, 0) is 4.79 Å². The number of thioether (sulfide) groups is 1. The van der Waals surface area contributed by atoms with E-state index in [2.05, 4.69) is 5.32 Å². The average molecular weight is 335 g/mol. The molecule has 0 spiro atoms. The topological polar surface area (TPSA) is 49.3 Å². The first-order valence-corrected chi connectivity index (χ1v) is 8.47. The van der Waals surface area contributed by atoms with Crippen LogP contribution in [-0.4, -0.2) is 11.0 Å². The van der Waals surface area contributed by atoms with Crippen LogP contribution < -0.4 is 5.32 Å². The molecular weight excluding hydrogens is 318 g/mol. The summed E-state index contributed by atoms with van der Waals surface area (Å²) in [6.45, 7) is 0. The van der Waals surface area contributed by atoms with Gasteiger partial charge in [-0.1, -0.05) is 60.7 Å². The van der Waals surface area contributed by atoms with Crippen molar-refractivity contribution >= 4 is 23.4 Å². The summed E-state index contributed by atoms with van der Waals surface area (Å²) in [6, 6.07) is 26.2. The van der Waals surface area contributed by atoms with Crippen LogP contribution in [0.15, 0.2) is 89.8 Å². The van der Waals surface area contributed by atoms with E-state index in [0.717, 1.165) is 10.5 Å². The Labute approximate surface area is 145 Å². The maximum absolute atomic E-state index is 12.8. The average Bonchev–Trinajstić information content (AvgIpc) is 2.63. The molecule has 0 aliphatic heterocycles. The zero-order chi connectivity index (χ0) is 16.8. The lowest BCUT2D eigenvalue weighted by atomic mass is 10.1. The number of carbonyl (C=O) groups excluding carboxylic acids is 1. The molecule has 0 saturated carbocycles. The number of hydrogen-bond acceptors (Lipinski definition) is 3. The summed E-state index contributed by atoms with van der Waals surface area (Å²) < 4.78 is 0. The Kier molecular flexibility index (Phi) is 5.18. The molecule has 120 valence electrons. The molecular formula is C20H17NO2S. The van der Waals surface area contributed by atoms with Gasteiger partial charge >= 0.3 is 0 Å². The molecule has 3 aromatic rings. The third-order valence-electron chi connectivity index (χ3n) is 3.50. The van der Waals surface area contributed by atoms with Crippen LogP contribution in [0.2, 0.25) is 0 Å². The van der Waals surface area contributed by atoms with E-state index in [9.17, 15) is 9.90 Å². The molecule has 0 aliphatic carbocycles. The van der Waals surface area contributed by atoms with E-state index in [4.69, 9.17) is 0 Å². The van der Waals surface area contributed by atoms with E-state index in [1.165, 1.54) is 11.8 Å². The van der Waals surface area contributed by atoms with Gasteiger partial charge in [0, 0.05) is 4.90 Å². The van der Waals surface area contributed by atoms with Crippen LogP contribution in [0.3, 0.4) is 0 Å². The molecule has 2 N–H and O–H groups in total.